The number of carbonyl (C=O) groups is 4. The first-order chi connectivity index (χ1) is 13.3. The first kappa shape index (κ1) is 22.6. The lowest BCUT2D eigenvalue weighted by molar-refractivity contribution is -0.172. The average Bonchev–Trinajstić information content (AvgIpc) is 2.85. The fourth-order valence-electron chi connectivity index (χ4n) is 3.49. The zero-order chi connectivity index (χ0) is 22.0. The number of hydrogen-bond acceptors (Lipinski definition) is 7. The van der Waals surface area contributed by atoms with Gasteiger partial charge in [-0.3, -0.25) is 19.2 Å². The van der Waals surface area contributed by atoms with E-state index in [2.05, 4.69) is 0 Å². The topological polar surface area (TPSA) is 96.0 Å². The zero-order valence-electron chi connectivity index (χ0n) is 17.8. The fraction of sp³-hybridized carbons (Fsp3) is 0.545. The lowest BCUT2D eigenvalue weighted by Crippen LogP contribution is -2.40. The molecule has 2 unspecified atom stereocenters. The minimum Gasteiger partial charge on any atom is -0.454 e. The molecule has 7 nitrogen and oxygen atoms in total. The molecular weight excluding hydrogens is 376 g/mol. The molecule has 1 aliphatic heterocycles. The van der Waals surface area contributed by atoms with Crippen LogP contribution in [0.25, 0.3) is 0 Å². The average molecular weight is 404 g/mol. The van der Waals surface area contributed by atoms with E-state index >= 15 is 0 Å². The Morgan fingerprint density at radius 2 is 1.72 bits per heavy atom. The summed E-state index contributed by atoms with van der Waals surface area (Å²) in [5.74, 6) is -1.64. The molecule has 2 rings (SSSR count). The van der Waals surface area contributed by atoms with Gasteiger partial charge >= 0.3 is 23.9 Å². The van der Waals surface area contributed by atoms with Crippen molar-refractivity contribution in [3.63, 3.8) is 0 Å². The first-order valence-corrected chi connectivity index (χ1v) is 9.59. The molecule has 0 N–H and O–H groups in total. The molecule has 0 aromatic heterocycles. The molecule has 0 amide bonds. The number of esters is 4. The molecule has 7 heteroatoms. The Bertz CT molecular complexity index is 824. The largest absolute Gasteiger partial charge is 0.454 e. The van der Waals surface area contributed by atoms with Crippen molar-refractivity contribution in [2.75, 3.05) is 0 Å². The second kappa shape index (κ2) is 7.97. The quantitative estimate of drug-likeness (QED) is 0.388. The summed E-state index contributed by atoms with van der Waals surface area (Å²) in [6.45, 7) is 10.1. The lowest BCUT2D eigenvalue weighted by atomic mass is 9.70. The van der Waals surface area contributed by atoms with Gasteiger partial charge < -0.3 is 14.2 Å². The second-order valence-electron chi connectivity index (χ2n) is 8.61. The van der Waals surface area contributed by atoms with Crippen LogP contribution in [-0.2, 0) is 34.3 Å². The summed E-state index contributed by atoms with van der Waals surface area (Å²) in [7, 11) is 0. The van der Waals surface area contributed by atoms with Crippen molar-refractivity contribution in [2.45, 2.75) is 66.4 Å². The van der Waals surface area contributed by atoms with Gasteiger partial charge in [0.15, 0.2) is 0 Å². The Morgan fingerprint density at radius 3 is 2.17 bits per heavy atom. The fourth-order valence-corrected chi connectivity index (χ4v) is 3.49. The van der Waals surface area contributed by atoms with Crippen molar-refractivity contribution in [1.29, 1.82) is 0 Å². The van der Waals surface area contributed by atoms with Crippen molar-refractivity contribution >= 4 is 23.9 Å². The van der Waals surface area contributed by atoms with Crippen molar-refractivity contribution in [3.8, 4) is 5.75 Å². The van der Waals surface area contributed by atoms with Crippen LogP contribution in [0.2, 0.25) is 0 Å². The van der Waals surface area contributed by atoms with E-state index in [0.29, 0.717) is 12.2 Å². The summed E-state index contributed by atoms with van der Waals surface area (Å²) in [5, 5.41) is 0. The Hall–Kier alpha value is -2.70. The van der Waals surface area contributed by atoms with Crippen LogP contribution in [0.1, 0.15) is 66.4 Å². The van der Waals surface area contributed by atoms with Crippen LogP contribution in [-0.4, -0.2) is 23.9 Å². The minimum atomic E-state index is -1.04. The van der Waals surface area contributed by atoms with Crippen LogP contribution in [0, 0.1) is 10.8 Å². The molecule has 0 aliphatic carbocycles. The van der Waals surface area contributed by atoms with Crippen LogP contribution in [0.4, 0.5) is 0 Å². The van der Waals surface area contributed by atoms with Crippen LogP contribution in [0.3, 0.4) is 0 Å². The highest BCUT2D eigenvalue weighted by Gasteiger charge is 2.51. The number of ether oxygens (including phenoxy) is 3. The van der Waals surface area contributed by atoms with Gasteiger partial charge in [-0.25, -0.2) is 0 Å². The van der Waals surface area contributed by atoms with Gasteiger partial charge in [-0.15, -0.1) is 0 Å². The number of cyclic esters (lactones) is 2. The maximum absolute atomic E-state index is 13.1. The van der Waals surface area contributed by atoms with Crippen molar-refractivity contribution < 1.29 is 33.4 Å². The third-order valence-electron chi connectivity index (χ3n) is 5.45. The highest BCUT2D eigenvalue weighted by atomic mass is 16.6. The summed E-state index contributed by atoms with van der Waals surface area (Å²) < 4.78 is 15.5. The van der Waals surface area contributed by atoms with Gasteiger partial charge in [0.2, 0.25) is 0 Å². The monoisotopic (exact) mass is 404 g/mol. The Kier molecular flexibility index (Phi) is 6.21. The van der Waals surface area contributed by atoms with E-state index in [-0.39, 0.29) is 12.8 Å². The van der Waals surface area contributed by atoms with E-state index in [1.807, 2.05) is 6.92 Å². The van der Waals surface area contributed by atoms with Crippen molar-refractivity contribution in [1.82, 2.24) is 0 Å². The van der Waals surface area contributed by atoms with Crippen LogP contribution < -0.4 is 4.74 Å². The summed E-state index contributed by atoms with van der Waals surface area (Å²) in [6.07, 6.45) is 0.543. The lowest BCUT2D eigenvalue weighted by Gasteiger charge is -2.36. The molecule has 1 aliphatic rings. The molecule has 0 bridgehead atoms. The summed E-state index contributed by atoms with van der Waals surface area (Å²) in [5.41, 5.74) is -2.24. The van der Waals surface area contributed by atoms with Gasteiger partial charge in [-0.1, -0.05) is 19.1 Å². The maximum atomic E-state index is 13.1. The predicted molar refractivity (Wildman–Crippen MR) is 104 cm³/mol. The SMILES string of the molecule is CCC(C)(CC1(C)CC(=O)OC1=O)C(=O)OC(C)(C)c1ccc(OC(C)=O)cc1. The van der Waals surface area contributed by atoms with Crippen molar-refractivity contribution in [3.05, 3.63) is 29.8 Å². The molecular formula is C22H28O7. The summed E-state index contributed by atoms with van der Waals surface area (Å²) in [6, 6.07) is 6.71. The molecule has 1 heterocycles. The van der Waals surface area contributed by atoms with E-state index in [4.69, 9.17) is 14.2 Å². The van der Waals surface area contributed by atoms with Gasteiger partial charge in [-0.05, 0) is 58.2 Å². The molecule has 158 valence electrons. The van der Waals surface area contributed by atoms with E-state index in [9.17, 15) is 19.2 Å². The third kappa shape index (κ3) is 5.02. The van der Waals surface area contributed by atoms with E-state index in [1.165, 1.54) is 6.92 Å². The van der Waals surface area contributed by atoms with Crippen LogP contribution in [0.5, 0.6) is 5.75 Å². The third-order valence-corrected chi connectivity index (χ3v) is 5.45. The first-order valence-electron chi connectivity index (χ1n) is 9.59. The highest BCUT2D eigenvalue weighted by Crippen LogP contribution is 2.44. The number of hydrogen-bond donors (Lipinski definition) is 0. The van der Waals surface area contributed by atoms with Crippen LogP contribution in [0.15, 0.2) is 24.3 Å². The zero-order valence-corrected chi connectivity index (χ0v) is 17.8. The molecule has 29 heavy (non-hydrogen) atoms. The molecule has 1 saturated heterocycles. The number of benzene rings is 1. The van der Waals surface area contributed by atoms with Gasteiger partial charge in [0.1, 0.15) is 11.4 Å². The standard InChI is InChI=1S/C22H28O7/c1-7-21(5,13-22(6)12-17(24)28-18(22)25)19(26)29-20(3,4)15-8-10-16(11-9-15)27-14(2)23/h8-11H,7,12-13H2,1-6H3. The Balaban J connectivity index is 2.17. The molecule has 0 saturated carbocycles. The van der Waals surface area contributed by atoms with Crippen molar-refractivity contribution in [2.24, 2.45) is 10.8 Å². The molecule has 1 fully saturated rings. The van der Waals surface area contributed by atoms with E-state index < -0.39 is 40.3 Å². The highest BCUT2D eigenvalue weighted by molar-refractivity contribution is 5.97. The van der Waals surface area contributed by atoms with E-state index in [0.717, 1.165) is 5.56 Å². The summed E-state index contributed by atoms with van der Waals surface area (Å²) >= 11 is 0. The van der Waals surface area contributed by atoms with E-state index in [1.54, 1.807) is 52.0 Å². The van der Waals surface area contributed by atoms with Gasteiger partial charge in [-0.2, -0.15) is 0 Å². The predicted octanol–water partition coefficient (Wildman–Crippen LogP) is 3.68. The van der Waals surface area contributed by atoms with Gasteiger partial charge in [0.05, 0.1) is 17.3 Å². The molecule has 0 spiro atoms. The number of carbonyl (C=O) groups excluding carboxylic acids is 4. The molecule has 2 atom stereocenters. The number of rotatable bonds is 7. The second-order valence-corrected chi connectivity index (χ2v) is 8.61. The van der Waals surface area contributed by atoms with Crippen LogP contribution >= 0.6 is 0 Å². The minimum absolute atomic E-state index is 0.0459. The smallest absolute Gasteiger partial charge is 0.320 e. The summed E-state index contributed by atoms with van der Waals surface area (Å²) in [4.78, 5) is 47.8. The molecule has 1 aromatic rings. The normalized spacial score (nSPS) is 21.3. The Labute approximate surface area is 170 Å². The molecule has 1 aromatic carbocycles. The Morgan fingerprint density at radius 1 is 1.14 bits per heavy atom. The van der Waals surface area contributed by atoms with Gasteiger partial charge in [0.25, 0.3) is 0 Å². The maximum Gasteiger partial charge on any atom is 0.320 e. The molecule has 0 radical (unpaired) electrons. The van der Waals surface area contributed by atoms with Gasteiger partial charge in [0, 0.05) is 6.92 Å².